The number of esters is 1. The Labute approximate surface area is 104 Å². The van der Waals surface area contributed by atoms with E-state index < -0.39 is 16.0 Å². The maximum absolute atomic E-state index is 11.7. The van der Waals surface area contributed by atoms with Crippen LogP contribution in [-0.4, -0.2) is 33.0 Å². The average Bonchev–Trinajstić information content (AvgIpc) is 2.35. The van der Waals surface area contributed by atoms with Crippen LogP contribution in [0.4, 0.5) is 0 Å². The molecule has 0 bridgehead atoms. The predicted molar refractivity (Wildman–Crippen MR) is 63.5 cm³/mol. The maximum atomic E-state index is 11.7. The van der Waals surface area contributed by atoms with Gasteiger partial charge in [-0.2, -0.15) is 0 Å². The number of hydrogen-bond acceptors (Lipinski definition) is 5. The highest BCUT2D eigenvalue weighted by atomic mass is 32.2. The molecule has 0 spiro atoms. The largest absolute Gasteiger partial charge is 0.469 e. The molecule has 0 amide bonds. The number of hydrogen-bond donors (Lipinski definition) is 2. The van der Waals surface area contributed by atoms with Crippen molar-refractivity contribution in [1.29, 1.82) is 0 Å². The summed E-state index contributed by atoms with van der Waals surface area (Å²) in [5.41, 5.74) is -0.375. The second-order valence-corrected chi connectivity index (χ2v) is 5.23. The molecule has 1 heterocycles. The molecule has 1 aromatic heterocycles. The van der Waals surface area contributed by atoms with Crippen molar-refractivity contribution < 1.29 is 17.9 Å². The van der Waals surface area contributed by atoms with Crippen LogP contribution in [0.1, 0.15) is 12.8 Å². The summed E-state index contributed by atoms with van der Waals surface area (Å²) >= 11 is 0. The first-order chi connectivity index (χ1) is 8.45. The molecule has 0 saturated heterocycles. The molecule has 0 aliphatic carbocycles. The lowest BCUT2D eigenvalue weighted by Crippen LogP contribution is -2.26. The lowest BCUT2D eigenvalue weighted by Gasteiger charge is -2.05. The van der Waals surface area contributed by atoms with Gasteiger partial charge in [-0.05, 0) is 12.5 Å². The van der Waals surface area contributed by atoms with Gasteiger partial charge in [-0.15, -0.1) is 0 Å². The van der Waals surface area contributed by atoms with Gasteiger partial charge >= 0.3 is 5.97 Å². The quantitative estimate of drug-likeness (QED) is 0.542. The molecule has 2 N–H and O–H groups in total. The second-order valence-electron chi connectivity index (χ2n) is 3.47. The molecule has 8 heteroatoms. The van der Waals surface area contributed by atoms with Crippen molar-refractivity contribution in [2.75, 3.05) is 13.7 Å². The Balaban J connectivity index is 2.53. The average molecular weight is 274 g/mol. The second kappa shape index (κ2) is 6.31. The molecule has 0 fully saturated rings. The van der Waals surface area contributed by atoms with E-state index in [-0.39, 0.29) is 23.4 Å². The number of methoxy groups -OCH3 is 1. The summed E-state index contributed by atoms with van der Waals surface area (Å²) in [7, 11) is -2.38. The van der Waals surface area contributed by atoms with E-state index in [0.29, 0.717) is 6.42 Å². The van der Waals surface area contributed by atoms with Gasteiger partial charge in [0.1, 0.15) is 0 Å². The summed E-state index contributed by atoms with van der Waals surface area (Å²) in [5, 5.41) is 0. The Morgan fingerprint density at radius 1 is 1.44 bits per heavy atom. The van der Waals surface area contributed by atoms with Crippen LogP contribution in [0.3, 0.4) is 0 Å². The summed E-state index contributed by atoms with van der Waals surface area (Å²) in [6.45, 7) is 0.122. The van der Waals surface area contributed by atoms with E-state index >= 15 is 0 Å². The fourth-order valence-corrected chi connectivity index (χ4v) is 2.23. The summed E-state index contributed by atoms with van der Waals surface area (Å²) in [6.07, 6.45) is 1.60. The summed E-state index contributed by atoms with van der Waals surface area (Å²) < 4.78 is 30.2. The van der Waals surface area contributed by atoms with Gasteiger partial charge in [-0.25, -0.2) is 13.1 Å². The fourth-order valence-electron chi connectivity index (χ4n) is 1.19. The summed E-state index contributed by atoms with van der Waals surface area (Å²) in [4.78, 5) is 23.8. The van der Waals surface area contributed by atoms with Gasteiger partial charge < -0.3 is 9.72 Å². The number of nitrogens with one attached hydrogen (secondary N) is 2. The Hall–Kier alpha value is -1.67. The lowest BCUT2D eigenvalue weighted by atomic mass is 10.3. The number of aromatic amines is 1. The molecule has 1 rings (SSSR count). The molecule has 7 nitrogen and oxygen atoms in total. The molecule has 0 atom stereocenters. The standard InChI is InChI=1S/C10H14N2O5S/c1-17-10(14)3-2-6-12-18(15,16)8-4-5-9(13)11-7-8/h4-5,7,12H,2-3,6H2,1H3,(H,11,13). The Kier molecular flexibility index (Phi) is 5.05. The number of pyridine rings is 1. The van der Waals surface area contributed by atoms with Crippen LogP contribution < -0.4 is 10.3 Å². The minimum absolute atomic E-state index is 0.0276. The molecular weight excluding hydrogens is 260 g/mol. The molecule has 0 aliphatic rings. The molecule has 0 saturated carbocycles. The number of sulfonamides is 1. The smallest absolute Gasteiger partial charge is 0.305 e. The van der Waals surface area contributed by atoms with Crippen molar-refractivity contribution >= 4 is 16.0 Å². The molecular formula is C10H14N2O5S. The fraction of sp³-hybridized carbons (Fsp3) is 0.400. The zero-order valence-corrected chi connectivity index (χ0v) is 10.6. The minimum atomic E-state index is -3.65. The number of carbonyl (C=O) groups excluding carboxylic acids is 1. The van der Waals surface area contributed by atoms with Crippen molar-refractivity contribution in [2.24, 2.45) is 0 Å². The Bertz CT molecular complexity index is 543. The lowest BCUT2D eigenvalue weighted by molar-refractivity contribution is -0.140. The van der Waals surface area contributed by atoms with Crippen LogP contribution in [0, 0.1) is 0 Å². The zero-order valence-electron chi connectivity index (χ0n) is 9.80. The number of ether oxygens (including phenoxy) is 1. The van der Waals surface area contributed by atoms with E-state index in [1.165, 1.54) is 13.2 Å². The third kappa shape index (κ3) is 4.30. The van der Waals surface area contributed by atoms with Gasteiger partial charge in [-0.1, -0.05) is 0 Å². The van der Waals surface area contributed by atoms with Crippen LogP contribution in [0.15, 0.2) is 28.0 Å². The third-order valence-corrected chi connectivity index (χ3v) is 3.60. The zero-order chi connectivity index (χ0) is 13.6. The van der Waals surface area contributed by atoms with Crippen molar-refractivity contribution in [3.63, 3.8) is 0 Å². The number of rotatable bonds is 6. The summed E-state index contributed by atoms with van der Waals surface area (Å²) in [5.74, 6) is -0.391. The van der Waals surface area contributed by atoms with Gasteiger partial charge in [0.2, 0.25) is 15.6 Å². The molecule has 0 aliphatic heterocycles. The van der Waals surface area contributed by atoms with Crippen LogP contribution in [0.2, 0.25) is 0 Å². The molecule has 0 aromatic carbocycles. The van der Waals surface area contributed by atoms with E-state index in [2.05, 4.69) is 14.4 Å². The normalized spacial score (nSPS) is 11.2. The van der Waals surface area contributed by atoms with Crippen molar-refractivity contribution in [3.8, 4) is 0 Å². The van der Waals surface area contributed by atoms with Gasteiger partial charge in [0.25, 0.3) is 0 Å². The Morgan fingerprint density at radius 3 is 2.72 bits per heavy atom. The molecule has 0 radical (unpaired) electrons. The highest BCUT2D eigenvalue weighted by Crippen LogP contribution is 2.04. The number of carbonyl (C=O) groups is 1. The maximum Gasteiger partial charge on any atom is 0.305 e. The topological polar surface area (TPSA) is 105 Å². The first-order valence-electron chi connectivity index (χ1n) is 5.21. The van der Waals surface area contributed by atoms with E-state index in [1.54, 1.807) is 0 Å². The van der Waals surface area contributed by atoms with Gasteiger partial charge in [0, 0.05) is 25.2 Å². The molecule has 1 aromatic rings. The van der Waals surface area contributed by atoms with Gasteiger partial charge in [0.15, 0.2) is 0 Å². The molecule has 100 valence electrons. The predicted octanol–water partition coefficient (Wildman–Crippen LogP) is -0.394. The highest BCUT2D eigenvalue weighted by molar-refractivity contribution is 7.89. The number of aromatic nitrogens is 1. The van der Waals surface area contributed by atoms with Crippen LogP contribution in [-0.2, 0) is 19.6 Å². The molecule has 0 unspecified atom stereocenters. The van der Waals surface area contributed by atoms with E-state index in [0.717, 1.165) is 12.3 Å². The SMILES string of the molecule is COC(=O)CCCNS(=O)(=O)c1ccc(=O)[nH]c1. The van der Waals surface area contributed by atoms with Crippen molar-refractivity contribution in [1.82, 2.24) is 9.71 Å². The van der Waals surface area contributed by atoms with E-state index in [1.807, 2.05) is 0 Å². The van der Waals surface area contributed by atoms with Crippen molar-refractivity contribution in [3.05, 3.63) is 28.7 Å². The monoisotopic (exact) mass is 274 g/mol. The third-order valence-electron chi connectivity index (χ3n) is 2.14. The van der Waals surface area contributed by atoms with Crippen LogP contribution in [0.25, 0.3) is 0 Å². The van der Waals surface area contributed by atoms with Crippen LogP contribution >= 0.6 is 0 Å². The minimum Gasteiger partial charge on any atom is -0.469 e. The summed E-state index contributed by atoms with van der Waals surface area (Å²) in [6, 6.07) is 2.34. The first kappa shape index (κ1) is 14.4. The highest BCUT2D eigenvalue weighted by Gasteiger charge is 2.13. The van der Waals surface area contributed by atoms with Crippen LogP contribution in [0.5, 0.6) is 0 Å². The van der Waals surface area contributed by atoms with E-state index in [4.69, 9.17) is 0 Å². The van der Waals surface area contributed by atoms with Gasteiger partial charge in [0.05, 0.1) is 12.0 Å². The van der Waals surface area contributed by atoms with Gasteiger partial charge in [-0.3, -0.25) is 9.59 Å². The van der Waals surface area contributed by atoms with Crippen molar-refractivity contribution in [2.45, 2.75) is 17.7 Å². The number of H-pyrrole nitrogens is 1. The van der Waals surface area contributed by atoms with E-state index in [9.17, 15) is 18.0 Å². The first-order valence-corrected chi connectivity index (χ1v) is 6.69. The Morgan fingerprint density at radius 2 is 2.17 bits per heavy atom. The molecule has 18 heavy (non-hydrogen) atoms.